The zero-order valence-corrected chi connectivity index (χ0v) is 12.1. The lowest BCUT2D eigenvalue weighted by Gasteiger charge is -2.06. The van der Waals surface area contributed by atoms with Crippen molar-refractivity contribution in [3.8, 4) is 11.4 Å². The third-order valence-electron chi connectivity index (χ3n) is 3.26. The molecule has 0 radical (unpaired) electrons. The third-order valence-corrected chi connectivity index (χ3v) is 3.51. The maximum Gasteiger partial charge on any atom is 0.179 e. The van der Waals surface area contributed by atoms with Gasteiger partial charge in [-0.2, -0.15) is 10.2 Å². The highest BCUT2D eigenvalue weighted by Crippen LogP contribution is 2.27. The first-order valence-electron chi connectivity index (χ1n) is 6.14. The number of halogens is 1. The molecule has 5 nitrogen and oxygen atoms in total. The number of ether oxygens (including phenoxy) is 1. The van der Waals surface area contributed by atoms with Gasteiger partial charge >= 0.3 is 0 Å². The summed E-state index contributed by atoms with van der Waals surface area (Å²) in [5.74, 6) is 0.778. The minimum absolute atomic E-state index is 0.315. The van der Waals surface area contributed by atoms with Crippen LogP contribution in [0.25, 0.3) is 16.6 Å². The molecule has 0 fully saturated rings. The molecule has 0 unspecified atom stereocenters. The lowest BCUT2D eigenvalue weighted by molar-refractivity contribution is 0.414. The number of hydrogen-bond donors (Lipinski definition) is 0. The Labute approximate surface area is 121 Å². The van der Waals surface area contributed by atoms with E-state index in [1.165, 1.54) is 0 Å². The Balaban J connectivity index is 2.29. The molecule has 0 amide bonds. The normalized spacial score (nSPS) is 11.0. The molecule has 0 bridgehead atoms. The molecule has 2 aromatic heterocycles. The second-order valence-corrected chi connectivity index (χ2v) is 4.86. The van der Waals surface area contributed by atoms with Crippen molar-refractivity contribution >= 4 is 22.5 Å². The summed E-state index contributed by atoms with van der Waals surface area (Å²) in [7, 11) is 1.64. The van der Waals surface area contributed by atoms with Crippen LogP contribution in [0.15, 0.2) is 24.3 Å². The van der Waals surface area contributed by atoms with Gasteiger partial charge in [0.05, 0.1) is 24.2 Å². The van der Waals surface area contributed by atoms with Gasteiger partial charge in [-0.05, 0) is 26.0 Å². The Morgan fingerprint density at radius 1 is 1.20 bits per heavy atom. The van der Waals surface area contributed by atoms with Crippen LogP contribution in [0.1, 0.15) is 11.4 Å². The van der Waals surface area contributed by atoms with E-state index >= 15 is 0 Å². The van der Waals surface area contributed by atoms with Crippen LogP contribution in [0.4, 0.5) is 0 Å². The van der Waals surface area contributed by atoms with Crippen molar-refractivity contribution in [1.82, 2.24) is 20.0 Å². The van der Waals surface area contributed by atoms with Gasteiger partial charge in [0.15, 0.2) is 5.15 Å². The van der Waals surface area contributed by atoms with Crippen molar-refractivity contribution in [2.24, 2.45) is 0 Å². The molecule has 0 N–H and O–H groups in total. The van der Waals surface area contributed by atoms with Gasteiger partial charge in [-0.25, -0.2) is 4.68 Å². The fourth-order valence-corrected chi connectivity index (χ4v) is 2.46. The SMILES string of the molecule is COc1cccc(-n2nc3c(Cl)nnc(C)c3c2C)c1. The Bertz CT molecular complexity index is 797. The van der Waals surface area contributed by atoms with Crippen molar-refractivity contribution in [3.63, 3.8) is 0 Å². The van der Waals surface area contributed by atoms with Crippen LogP contribution in [0.5, 0.6) is 5.75 Å². The van der Waals surface area contributed by atoms with Gasteiger partial charge in [-0.1, -0.05) is 17.7 Å². The van der Waals surface area contributed by atoms with E-state index in [9.17, 15) is 0 Å². The first-order chi connectivity index (χ1) is 9.61. The number of fused-ring (bicyclic) bond motifs is 1. The number of aryl methyl sites for hydroxylation is 2. The van der Waals surface area contributed by atoms with Gasteiger partial charge in [0.2, 0.25) is 0 Å². The van der Waals surface area contributed by atoms with Gasteiger partial charge < -0.3 is 4.74 Å². The molecule has 1 aromatic carbocycles. The van der Waals surface area contributed by atoms with Crippen molar-refractivity contribution < 1.29 is 4.74 Å². The summed E-state index contributed by atoms with van der Waals surface area (Å²) >= 11 is 6.09. The van der Waals surface area contributed by atoms with E-state index in [-0.39, 0.29) is 0 Å². The van der Waals surface area contributed by atoms with Gasteiger partial charge in [-0.3, -0.25) is 0 Å². The molecule has 6 heteroatoms. The number of aromatic nitrogens is 4. The zero-order valence-electron chi connectivity index (χ0n) is 11.4. The van der Waals surface area contributed by atoms with Crippen LogP contribution in [0.2, 0.25) is 5.15 Å². The maximum absolute atomic E-state index is 6.09. The van der Waals surface area contributed by atoms with Crippen LogP contribution in [-0.2, 0) is 0 Å². The third kappa shape index (κ3) is 1.91. The smallest absolute Gasteiger partial charge is 0.179 e. The molecule has 2 heterocycles. The summed E-state index contributed by atoms with van der Waals surface area (Å²) in [5.41, 5.74) is 3.37. The van der Waals surface area contributed by atoms with Crippen LogP contribution in [-0.4, -0.2) is 27.1 Å². The lowest BCUT2D eigenvalue weighted by atomic mass is 10.2. The molecule has 102 valence electrons. The van der Waals surface area contributed by atoms with Crippen molar-refractivity contribution in [2.75, 3.05) is 7.11 Å². The molecule has 3 aromatic rings. The average molecular weight is 289 g/mol. The summed E-state index contributed by atoms with van der Waals surface area (Å²) in [5, 5.41) is 13.7. The highest BCUT2D eigenvalue weighted by Gasteiger charge is 2.15. The monoisotopic (exact) mass is 288 g/mol. The van der Waals surface area contributed by atoms with E-state index in [4.69, 9.17) is 16.3 Å². The second-order valence-electron chi connectivity index (χ2n) is 4.50. The molecular formula is C14H13ClN4O. The molecule has 3 rings (SSSR count). The number of methoxy groups -OCH3 is 1. The summed E-state index contributed by atoms with van der Waals surface area (Å²) < 4.78 is 7.07. The largest absolute Gasteiger partial charge is 0.497 e. The fourth-order valence-electron chi connectivity index (χ4n) is 2.29. The van der Waals surface area contributed by atoms with Gasteiger partial charge in [0.25, 0.3) is 0 Å². The zero-order chi connectivity index (χ0) is 14.3. The van der Waals surface area contributed by atoms with Crippen LogP contribution in [0.3, 0.4) is 0 Å². The van der Waals surface area contributed by atoms with Crippen molar-refractivity contribution in [2.45, 2.75) is 13.8 Å². The van der Waals surface area contributed by atoms with E-state index in [1.807, 2.05) is 42.8 Å². The highest BCUT2D eigenvalue weighted by atomic mass is 35.5. The maximum atomic E-state index is 6.09. The number of hydrogen-bond acceptors (Lipinski definition) is 4. The van der Waals surface area contributed by atoms with E-state index in [2.05, 4.69) is 15.3 Å². The number of nitrogens with zero attached hydrogens (tertiary/aromatic N) is 4. The van der Waals surface area contributed by atoms with Crippen LogP contribution in [0, 0.1) is 13.8 Å². The highest BCUT2D eigenvalue weighted by molar-refractivity contribution is 6.33. The van der Waals surface area contributed by atoms with Crippen LogP contribution >= 0.6 is 11.6 Å². The van der Waals surface area contributed by atoms with Crippen LogP contribution < -0.4 is 4.74 Å². The minimum Gasteiger partial charge on any atom is -0.497 e. The Morgan fingerprint density at radius 3 is 2.70 bits per heavy atom. The molecule has 0 spiro atoms. The molecule has 0 aliphatic carbocycles. The quantitative estimate of drug-likeness (QED) is 0.727. The predicted molar refractivity (Wildman–Crippen MR) is 77.7 cm³/mol. The van der Waals surface area contributed by atoms with Gasteiger partial charge in [0.1, 0.15) is 11.3 Å². The molecular weight excluding hydrogens is 276 g/mol. The minimum atomic E-state index is 0.315. The van der Waals surface area contributed by atoms with E-state index in [0.717, 1.165) is 28.2 Å². The van der Waals surface area contributed by atoms with E-state index < -0.39 is 0 Å². The van der Waals surface area contributed by atoms with Crippen molar-refractivity contribution in [1.29, 1.82) is 0 Å². The standard InChI is InChI=1S/C14H13ClN4O/c1-8-12-9(2)19(18-13(12)14(15)17-16-8)10-5-4-6-11(7-10)20-3/h4-7H,1-3H3. The molecule has 0 saturated heterocycles. The number of rotatable bonds is 2. The van der Waals surface area contributed by atoms with Gasteiger partial charge in [0, 0.05) is 11.5 Å². The summed E-state index contributed by atoms with van der Waals surface area (Å²) in [6.07, 6.45) is 0. The van der Waals surface area contributed by atoms with E-state index in [0.29, 0.717) is 10.7 Å². The lowest BCUT2D eigenvalue weighted by Crippen LogP contribution is -1.99. The van der Waals surface area contributed by atoms with Gasteiger partial charge in [-0.15, -0.1) is 5.10 Å². The Kier molecular flexibility index (Phi) is 3.06. The summed E-state index contributed by atoms with van der Waals surface area (Å²) in [6, 6.07) is 7.70. The predicted octanol–water partition coefficient (Wildman–Crippen LogP) is 3.09. The Morgan fingerprint density at radius 2 is 2.00 bits per heavy atom. The summed E-state index contributed by atoms with van der Waals surface area (Å²) in [6.45, 7) is 3.88. The first-order valence-corrected chi connectivity index (χ1v) is 6.52. The molecule has 0 atom stereocenters. The molecule has 0 saturated carbocycles. The molecule has 0 aliphatic rings. The average Bonchev–Trinajstić information content (AvgIpc) is 2.82. The molecule has 0 aliphatic heterocycles. The summed E-state index contributed by atoms with van der Waals surface area (Å²) in [4.78, 5) is 0. The topological polar surface area (TPSA) is 52.8 Å². The van der Waals surface area contributed by atoms with Crippen molar-refractivity contribution in [3.05, 3.63) is 40.8 Å². The molecule has 20 heavy (non-hydrogen) atoms. The van der Waals surface area contributed by atoms with E-state index in [1.54, 1.807) is 7.11 Å². The first kappa shape index (κ1) is 12.9. The Hall–Kier alpha value is -2.14. The number of benzene rings is 1. The second kappa shape index (κ2) is 4.76. The fraction of sp³-hybridized carbons (Fsp3) is 0.214.